The first-order valence-corrected chi connectivity index (χ1v) is 7.63. The van der Waals surface area contributed by atoms with Crippen LogP contribution >= 0.6 is 0 Å². The highest BCUT2D eigenvalue weighted by atomic mass is 16.4. The molecule has 2 rings (SSSR count). The first kappa shape index (κ1) is 16.7. The van der Waals surface area contributed by atoms with Crippen molar-refractivity contribution in [2.24, 2.45) is 0 Å². The van der Waals surface area contributed by atoms with Crippen molar-refractivity contribution < 1.29 is 14.7 Å². The van der Waals surface area contributed by atoms with E-state index in [-0.39, 0.29) is 18.7 Å². The molecule has 0 aromatic heterocycles. The molecule has 4 heteroatoms. The number of rotatable bonds is 7. The summed E-state index contributed by atoms with van der Waals surface area (Å²) in [6.07, 6.45) is 0.673. The van der Waals surface area contributed by atoms with Crippen LogP contribution in [0.4, 0.5) is 0 Å². The summed E-state index contributed by atoms with van der Waals surface area (Å²) in [7, 11) is 0. The maximum atomic E-state index is 12.1. The van der Waals surface area contributed by atoms with E-state index < -0.39 is 12.0 Å². The summed E-state index contributed by atoms with van der Waals surface area (Å²) in [5.41, 5.74) is 3.08. The molecule has 1 amide bonds. The SMILES string of the molecule is Cc1ccc(CC(CC(=O)O)NC(=O)Cc2ccccc2)cc1. The third kappa shape index (κ3) is 5.94. The molecule has 0 saturated heterocycles. The molecule has 2 N–H and O–H groups in total. The number of hydrogen-bond acceptors (Lipinski definition) is 2. The Bertz CT molecular complexity index is 650. The molecule has 0 aliphatic heterocycles. The molecule has 0 saturated carbocycles. The maximum Gasteiger partial charge on any atom is 0.305 e. The number of carboxylic acids is 1. The minimum Gasteiger partial charge on any atom is -0.481 e. The zero-order valence-corrected chi connectivity index (χ0v) is 13.2. The van der Waals surface area contributed by atoms with Gasteiger partial charge in [0, 0.05) is 6.04 Å². The van der Waals surface area contributed by atoms with Crippen LogP contribution in [0.3, 0.4) is 0 Å². The summed E-state index contributed by atoms with van der Waals surface area (Å²) in [6.45, 7) is 2.00. The van der Waals surface area contributed by atoms with Crippen molar-refractivity contribution in [1.29, 1.82) is 0 Å². The molecule has 0 spiro atoms. The molecule has 0 fully saturated rings. The maximum absolute atomic E-state index is 12.1. The Morgan fingerprint density at radius 3 is 2.26 bits per heavy atom. The lowest BCUT2D eigenvalue weighted by Crippen LogP contribution is -2.38. The van der Waals surface area contributed by atoms with Crippen molar-refractivity contribution in [3.8, 4) is 0 Å². The molecule has 4 nitrogen and oxygen atoms in total. The van der Waals surface area contributed by atoms with Gasteiger partial charge in [0.05, 0.1) is 12.8 Å². The van der Waals surface area contributed by atoms with Gasteiger partial charge in [-0.25, -0.2) is 0 Å². The largest absolute Gasteiger partial charge is 0.481 e. The summed E-state index contributed by atoms with van der Waals surface area (Å²) in [5.74, 6) is -1.07. The second-order valence-electron chi connectivity index (χ2n) is 5.71. The van der Waals surface area contributed by atoms with Crippen LogP contribution in [0.2, 0.25) is 0 Å². The number of carboxylic acid groups (broad SMARTS) is 1. The van der Waals surface area contributed by atoms with E-state index in [9.17, 15) is 9.59 Å². The molecular weight excluding hydrogens is 290 g/mol. The van der Waals surface area contributed by atoms with Crippen molar-refractivity contribution in [1.82, 2.24) is 5.32 Å². The average molecular weight is 311 g/mol. The predicted molar refractivity (Wildman–Crippen MR) is 89.2 cm³/mol. The summed E-state index contributed by atoms with van der Waals surface area (Å²) < 4.78 is 0. The monoisotopic (exact) mass is 311 g/mol. The fraction of sp³-hybridized carbons (Fsp3) is 0.263. The number of hydrogen-bond donors (Lipinski definition) is 2. The normalized spacial score (nSPS) is 11.7. The van der Waals surface area contributed by atoms with Gasteiger partial charge in [-0.3, -0.25) is 9.59 Å². The smallest absolute Gasteiger partial charge is 0.305 e. The lowest BCUT2D eigenvalue weighted by Gasteiger charge is -2.17. The van der Waals surface area contributed by atoms with Gasteiger partial charge in [0.1, 0.15) is 0 Å². The minimum absolute atomic E-state index is 0.0889. The van der Waals surface area contributed by atoms with Crippen LogP contribution in [0.25, 0.3) is 0 Å². The zero-order chi connectivity index (χ0) is 16.7. The number of amides is 1. The molecule has 0 aliphatic carbocycles. The molecule has 0 heterocycles. The number of nitrogens with one attached hydrogen (secondary N) is 1. The van der Waals surface area contributed by atoms with Gasteiger partial charge in [-0.1, -0.05) is 60.2 Å². The molecular formula is C19H21NO3. The summed E-state index contributed by atoms with van der Waals surface area (Å²) >= 11 is 0. The first-order chi connectivity index (χ1) is 11.0. The van der Waals surface area contributed by atoms with Gasteiger partial charge >= 0.3 is 5.97 Å². The highest BCUT2D eigenvalue weighted by Gasteiger charge is 2.16. The van der Waals surface area contributed by atoms with Crippen molar-refractivity contribution in [2.75, 3.05) is 0 Å². The third-order valence-corrected chi connectivity index (χ3v) is 3.60. The Labute approximate surface area is 136 Å². The summed E-state index contributed by atoms with van der Waals surface area (Å²) in [5, 5.41) is 11.9. The molecule has 2 aromatic carbocycles. The topological polar surface area (TPSA) is 66.4 Å². The second kappa shape index (κ2) is 8.13. The number of aliphatic carboxylic acids is 1. The molecule has 0 radical (unpaired) electrons. The highest BCUT2D eigenvalue weighted by molar-refractivity contribution is 5.79. The molecule has 1 atom stereocenters. The van der Waals surface area contributed by atoms with Crippen molar-refractivity contribution >= 4 is 11.9 Å². The van der Waals surface area contributed by atoms with E-state index in [2.05, 4.69) is 5.32 Å². The van der Waals surface area contributed by atoms with Gasteiger partial charge in [-0.15, -0.1) is 0 Å². The molecule has 120 valence electrons. The van der Waals surface area contributed by atoms with Crippen LogP contribution < -0.4 is 5.32 Å². The van der Waals surface area contributed by atoms with Crippen molar-refractivity contribution in [2.45, 2.75) is 32.2 Å². The van der Waals surface area contributed by atoms with Gasteiger partial charge in [0.2, 0.25) is 5.91 Å². The van der Waals surface area contributed by atoms with E-state index in [1.807, 2.05) is 61.5 Å². The first-order valence-electron chi connectivity index (χ1n) is 7.63. The molecule has 2 aromatic rings. The van der Waals surface area contributed by atoms with E-state index in [1.165, 1.54) is 0 Å². The second-order valence-corrected chi connectivity index (χ2v) is 5.71. The fourth-order valence-corrected chi connectivity index (χ4v) is 2.45. The van der Waals surface area contributed by atoms with E-state index in [0.29, 0.717) is 6.42 Å². The standard InChI is InChI=1S/C19H21NO3/c1-14-7-9-16(10-8-14)11-17(13-19(22)23)20-18(21)12-15-5-3-2-4-6-15/h2-10,17H,11-13H2,1H3,(H,20,21)(H,22,23). The fourth-order valence-electron chi connectivity index (χ4n) is 2.45. The van der Waals surface area contributed by atoms with E-state index in [0.717, 1.165) is 16.7 Å². The van der Waals surface area contributed by atoms with E-state index in [1.54, 1.807) is 0 Å². The lowest BCUT2D eigenvalue weighted by atomic mass is 10.0. The van der Waals surface area contributed by atoms with Crippen LogP contribution in [0.1, 0.15) is 23.1 Å². The van der Waals surface area contributed by atoms with Crippen molar-refractivity contribution in [3.63, 3.8) is 0 Å². The average Bonchev–Trinajstić information content (AvgIpc) is 2.50. The number of aryl methyl sites for hydroxylation is 1. The Morgan fingerprint density at radius 2 is 1.65 bits per heavy atom. The minimum atomic E-state index is -0.915. The summed E-state index contributed by atoms with van der Waals surface area (Å²) in [6, 6.07) is 16.9. The van der Waals surface area contributed by atoms with Gasteiger partial charge in [0.25, 0.3) is 0 Å². The quantitative estimate of drug-likeness (QED) is 0.826. The molecule has 23 heavy (non-hydrogen) atoms. The van der Waals surface area contributed by atoms with Gasteiger partial charge in [-0.05, 0) is 24.5 Å². The van der Waals surface area contributed by atoms with Crippen LogP contribution in [0.5, 0.6) is 0 Å². The van der Waals surface area contributed by atoms with Crippen molar-refractivity contribution in [3.05, 3.63) is 71.3 Å². The van der Waals surface area contributed by atoms with Crippen LogP contribution in [0.15, 0.2) is 54.6 Å². The van der Waals surface area contributed by atoms with E-state index >= 15 is 0 Å². The molecule has 1 unspecified atom stereocenters. The highest BCUT2D eigenvalue weighted by Crippen LogP contribution is 2.09. The number of benzene rings is 2. The molecule has 0 bridgehead atoms. The Kier molecular flexibility index (Phi) is 5.92. The van der Waals surface area contributed by atoms with E-state index in [4.69, 9.17) is 5.11 Å². The number of carbonyl (C=O) groups excluding carboxylic acids is 1. The Morgan fingerprint density at radius 1 is 1.00 bits per heavy atom. The van der Waals surface area contributed by atoms with Gasteiger partial charge in [-0.2, -0.15) is 0 Å². The predicted octanol–water partition coefficient (Wildman–Crippen LogP) is 2.74. The Hall–Kier alpha value is -2.62. The number of carbonyl (C=O) groups is 2. The lowest BCUT2D eigenvalue weighted by molar-refractivity contribution is -0.137. The van der Waals surface area contributed by atoms with Crippen LogP contribution in [0, 0.1) is 6.92 Å². The van der Waals surface area contributed by atoms with Gasteiger partial charge < -0.3 is 10.4 Å². The van der Waals surface area contributed by atoms with Gasteiger partial charge in [0.15, 0.2) is 0 Å². The zero-order valence-electron chi connectivity index (χ0n) is 13.2. The van der Waals surface area contributed by atoms with Crippen LogP contribution in [-0.4, -0.2) is 23.0 Å². The Balaban J connectivity index is 1.98. The summed E-state index contributed by atoms with van der Waals surface area (Å²) in [4.78, 5) is 23.2. The third-order valence-electron chi connectivity index (χ3n) is 3.60. The van der Waals surface area contributed by atoms with Crippen LogP contribution in [-0.2, 0) is 22.4 Å². The molecule has 0 aliphatic rings.